The largest absolute Gasteiger partial charge is 0.493 e. The lowest BCUT2D eigenvalue weighted by molar-refractivity contribution is 0.0689. The molecule has 0 spiro atoms. The number of carboxylic acids is 1. The summed E-state index contributed by atoms with van der Waals surface area (Å²) in [6.45, 7) is 2.02. The van der Waals surface area contributed by atoms with E-state index < -0.39 is 5.97 Å². The van der Waals surface area contributed by atoms with Crippen LogP contribution in [0.15, 0.2) is 16.6 Å². The third-order valence-electron chi connectivity index (χ3n) is 3.44. The highest BCUT2D eigenvalue weighted by atomic mass is 79.9. The van der Waals surface area contributed by atoms with E-state index in [-0.39, 0.29) is 5.69 Å². The van der Waals surface area contributed by atoms with Gasteiger partial charge in [-0.05, 0) is 40.0 Å². The SMILES string of the molecule is CCc1c(-c2cc(C(=O)O)nn2C)cc(OC)c(OC)c1Br. The molecule has 0 saturated carbocycles. The molecule has 6 nitrogen and oxygen atoms in total. The Morgan fingerprint density at radius 2 is 2.05 bits per heavy atom. The Hall–Kier alpha value is -2.02. The fraction of sp³-hybridized carbons (Fsp3) is 0.333. The highest BCUT2D eigenvalue weighted by Gasteiger charge is 2.21. The molecule has 0 atom stereocenters. The molecule has 1 N–H and O–H groups in total. The quantitative estimate of drug-likeness (QED) is 0.877. The van der Waals surface area contributed by atoms with Gasteiger partial charge in [-0.3, -0.25) is 4.68 Å². The summed E-state index contributed by atoms with van der Waals surface area (Å²) in [5, 5.41) is 13.1. The number of aromatic nitrogens is 2. The van der Waals surface area contributed by atoms with Crippen molar-refractivity contribution in [2.24, 2.45) is 7.05 Å². The standard InChI is InChI=1S/C15H17BrN2O4/c1-5-8-9(6-12(21-3)14(22-4)13(8)16)11-7-10(15(19)20)17-18(11)2/h6-7H,5H2,1-4H3,(H,19,20). The minimum Gasteiger partial charge on any atom is -0.493 e. The number of nitrogens with zero attached hydrogens (tertiary/aromatic N) is 2. The second-order valence-corrected chi connectivity index (χ2v) is 5.44. The van der Waals surface area contributed by atoms with Crippen LogP contribution in [0.5, 0.6) is 11.5 Å². The second kappa shape index (κ2) is 6.39. The maximum atomic E-state index is 11.1. The molecule has 118 valence electrons. The lowest BCUT2D eigenvalue weighted by Crippen LogP contribution is -2.01. The fourth-order valence-corrected chi connectivity index (χ4v) is 3.24. The third-order valence-corrected chi connectivity index (χ3v) is 4.28. The van der Waals surface area contributed by atoms with Gasteiger partial charge in [0.25, 0.3) is 0 Å². The molecule has 0 bridgehead atoms. The van der Waals surface area contributed by atoms with Crippen molar-refractivity contribution in [3.05, 3.63) is 27.9 Å². The van der Waals surface area contributed by atoms with Crippen LogP contribution >= 0.6 is 15.9 Å². The highest BCUT2D eigenvalue weighted by Crippen LogP contribution is 2.43. The zero-order valence-electron chi connectivity index (χ0n) is 12.8. The Labute approximate surface area is 136 Å². The molecule has 2 rings (SSSR count). The van der Waals surface area contributed by atoms with E-state index >= 15 is 0 Å². The van der Waals surface area contributed by atoms with Crippen molar-refractivity contribution >= 4 is 21.9 Å². The van der Waals surface area contributed by atoms with Crippen LogP contribution in [0.4, 0.5) is 0 Å². The van der Waals surface area contributed by atoms with E-state index in [1.165, 1.54) is 0 Å². The lowest BCUT2D eigenvalue weighted by atomic mass is 10.0. The van der Waals surface area contributed by atoms with Gasteiger partial charge in [-0.25, -0.2) is 4.79 Å². The van der Waals surface area contributed by atoms with E-state index in [2.05, 4.69) is 21.0 Å². The van der Waals surface area contributed by atoms with Gasteiger partial charge in [-0.15, -0.1) is 0 Å². The summed E-state index contributed by atoms with van der Waals surface area (Å²) in [5.41, 5.74) is 2.56. The first-order valence-corrected chi connectivity index (χ1v) is 7.44. The van der Waals surface area contributed by atoms with Gasteiger partial charge in [0.1, 0.15) is 0 Å². The Morgan fingerprint density at radius 3 is 2.50 bits per heavy atom. The van der Waals surface area contributed by atoms with Crippen LogP contribution in [-0.2, 0) is 13.5 Å². The molecule has 0 aliphatic carbocycles. The molecule has 1 aromatic heterocycles. The molecule has 0 fully saturated rings. The van der Waals surface area contributed by atoms with E-state index in [1.807, 2.05) is 13.0 Å². The number of hydrogen-bond acceptors (Lipinski definition) is 4. The van der Waals surface area contributed by atoms with E-state index in [0.717, 1.165) is 22.0 Å². The molecule has 22 heavy (non-hydrogen) atoms. The highest BCUT2D eigenvalue weighted by molar-refractivity contribution is 9.10. The van der Waals surface area contributed by atoms with Crippen molar-refractivity contribution in [2.75, 3.05) is 14.2 Å². The Morgan fingerprint density at radius 1 is 1.36 bits per heavy atom. The van der Waals surface area contributed by atoms with E-state index in [4.69, 9.17) is 14.6 Å². The number of aryl methyl sites for hydroxylation is 1. The number of carbonyl (C=O) groups is 1. The van der Waals surface area contributed by atoms with Crippen molar-refractivity contribution in [1.29, 1.82) is 0 Å². The van der Waals surface area contributed by atoms with Crippen LogP contribution in [0.3, 0.4) is 0 Å². The minimum absolute atomic E-state index is 0.00506. The smallest absolute Gasteiger partial charge is 0.356 e. The zero-order chi connectivity index (χ0) is 16.4. The molecule has 0 amide bonds. The van der Waals surface area contributed by atoms with Crippen LogP contribution in [-0.4, -0.2) is 35.1 Å². The predicted octanol–water partition coefficient (Wildman–Crippen LogP) is 3.13. The maximum Gasteiger partial charge on any atom is 0.356 e. The predicted molar refractivity (Wildman–Crippen MR) is 85.8 cm³/mol. The number of ether oxygens (including phenoxy) is 2. The molecular formula is C15H17BrN2O4. The first kappa shape index (κ1) is 16.4. The van der Waals surface area contributed by atoms with Gasteiger partial charge in [0.2, 0.25) is 0 Å². The van der Waals surface area contributed by atoms with E-state index in [9.17, 15) is 4.79 Å². The monoisotopic (exact) mass is 368 g/mol. The zero-order valence-corrected chi connectivity index (χ0v) is 14.4. The molecular weight excluding hydrogens is 352 g/mol. The van der Waals surface area contributed by atoms with Crippen LogP contribution in [0, 0.1) is 0 Å². The van der Waals surface area contributed by atoms with Gasteiger partial charge in [0.05, 0.1) is 24.4 Å². The second-order valence-electron chi connectivity index (χ2n) is 4.65. The number of halogens is 1. The molecule has 0 radical (unpaired) electrons. The molecule has 0 aliphatic heterocycles. The van der Waals surface area contributed by atoms with Crippen LogP contribution in [0.25, 0.3) is 11.3 Å². The number of carboxylic acid groups (broad SMARTS) is 1. The Balaban J connectivity index is 2.74. The number of aromatic carboxylic acids is 1. The summed E-state index contributed by atoms with van der Waals surface area (Å²) < 4.78 is 13.1. The van der Waals surface area contributed by atoms with Gasteiger partial charge < -0.3 is 14.6 Å². The summed E-state index contributed by atoms with van der Waals surface area (Å²) in [6.07, 6.45) is 0.740. The van der Waals surface area contributed by atoms with Crippen LogP contribution in [0.2, 0.25) is 0 Å². The summed E-state index contributed by atoms with van der Waals surface area (Å²) in [4.78, 5) is 11.1. The lowest BCUT2D eigenvalue weighted by Gasteiger charge is -2.17. The summed E-state index contributed by atoms with van der Waals surface area (Å²) in [6, 6.07) is 3.39. The summed E-state index contributed by atoms with van der Waals surface area (Å²) in [5.74, 6) is 0.128. The Bertz CT molecular complexity index is 725. The fourth-order valence-electron chi connectivity index (χ4n) is 2.39. The third kappa shape index (κ3) is 2.68. The van der Waals surface area contributed by atoms with Crippen molar-refractivity contribution in [1.82, 2.24) is 9.78 Å². The molecule has 2 aromatic rings. The molecule has 7 heteroatoms. The average molecular weight is 369 g/mol. The summed E-state index contributed by atoms with van der Waals surface area (Å²) in [7, 11) is 4.85. The molecule has 0 unspecified atom stereocenters. The maximum absolute atomic E-state index is 11.1. The van der Waals surface area contributed by atoms with Gasteiger partial charge in [-0.1, -0.05) is 6.92 Å². The number of hydrogen-bond donors (Lipinski definition) is 1. The van der Waals surface area contributed by atoms with Crippen molar-refractivity contribution in [3.63, 3.8) is 0 Å². The molecule has 0 aliphatic rings. The van der Waals surface area contributed by atoms with Gasteiger partial charge in [-0.2, -0.15) is 5.10 Å². The first-order valence-electron chi connectivity index (χ1n) is 6.65. The topological polar surface area (TPSA) is 73.6 Å². The van der Waals surface area contributed by atoms with E-state index in [0.29, 0.717) is 17.2 Å². The van der Waals surface area contributed by atoms with Crippen molar-refractivity contribution in [3.8, 4) is 22.8 Å². The number of methoxy groups -OCH3 is 2. The van der Waals surface area contributed by atoms with Gasteiger partial charge >= 0.3 is 5.97 Å². The number of benzene rings is 1. The molecule has 1 aromatic carbocycles. The van der Waals surface area contributed by atoms with Crippen molar-refractivity contribution in [2.45, 2.75) is 13.3 Å². The van der Waals surface area contributed by atoms with Crippen LogP contribution < -0.4 is 9.47 Å². The first-order chi connectivity index (χ1) is 10.4. The molecule has 0 saturated heterocycles. The van der Waals surface area contributed by atoms with Crippen LogP contribution in [0.1, 0.15) is 23.0 Å². The Kier molecular flexibility index (Phi) is 4.75. The average Bonchev–Trinajstić information content (AvgIpc) is 2.88. The van der Waals surface area contributed by atoms with Crippen molar-refractivity contribution < 1.29 is 19.4 Å². The van der Waals surface area contributed by atoms with Gasteiger partial charge in [0, 0.05) is 12.6 Å². The molecule has 1 heterocycles. The van der Waals surface area contributed by atoms with Gasteiger partial charge in [0.15, 0.2) is 17.2 Å². The van der Waals surface area contributed by atoms with E-state index in [1.54, 1.807) is 32.0 Å². The minimum atomic E-state index is -1.06. The summed E-state index contributed by atoms with van der Waals surface area (Å²) >= 11 is 3.55. The normalized spacial score (nSPS) is 10.6. The number of rotatable bonds is 5.